The molecule has 0 spiro atoms. The van der Waals surface area contributed by atoms with Gasteiger partial charge in [-0.05, 0) is 50.3 Å². The van der Waals surface area contributed by atoms with Gasteiger partial charge in [0.05, 0.1) is 25.2 Å². The van der Waals surface area contributed by atoms with Gasteiger partial charge in [-0.1, -0.05) is 6.07 Å². The number of hydrogen-bond acceptors (Lipinski definition) is 4. The molecule has 4 rings (SSSR count). The van der Waals surface area contributed by atoms with Gasteiger partial charge in [-0.3, -0.25) is 4.79 Å². The van der Waals surface area contributed by atoms with E-state index in [1.165, 1.54) is 0 Å². The van der Waals surface area contributed by atoms with E-state index in [-0.39, 0.29) is 23.9 Å². The topological polar surface area (TPSA) is 71.1 Å². The number of nitrogens with one attached hydrogen (secondary N) is 1. The minimum absolute atomic E-state index is 0.0172. The fourth-order valence-corrected chi connectivity index (χ4v) is 4.34. The molecule has 3 amide bonds. The highest BCUT2D eigenvalue weighted by molar-refractivity contribution is 5.81. The minimum Gasteiger partial charge on any atom is -0.490 e. The number of hydrogen-bond donors (Lipinski definition) is 1. The lowest BCUT2D eigenvalue weighted by Crippen LogP contribution is -2.49. The number of urea groups is 1. The lowest BCUT2D eigenvalue weighted by molar-refractivity contribution is -0.127. The van der Waals surface area contributed by atoms with Crippen LogP contribution in [0.3, 0.4) is 0 Å². The molecule has 1 aromatic carbocycles. The third-order valence-corrected chi connectivity index (χ3v) is 6.07. The van der Waals surface area contributed by atoms with Gasteiger partial charge >= 0.3 is 6.03 Å². The molecule has 2 atom stereocenters. The van der Waals surface area contributed by atoms with Crippen molar-refractivity contribution in [3.63, 3.8) is 0 Å². The molecule has 3 aliphatic rings. The van der Waals surface area contributed by atoms with Crippen molar-refractivity contribution in [1.82, 2.24) is 15.1 Å². The number of carbonyl (C=O) groups is 2. The number of nitrogens with zero attached hydrogens (tertiary/aromatic N) is 2. The highest BCUT2D eigenvalue weighted by Gasteiger charge is 2.32. The van der Waals surface area contributed by atoms with E-state index in [2.05, 4.69) is 5.32 Å². The first kappa shape index (κ1) is 19.9. The molecule has 7 heteroatoms. The predicted octanol–water partition coefficient (Wildman–Crippen LogP) is 2.95. The van der Waals surface area contributed by atoms with E-state index in [9.17, 15) is 9.59 Å². The fourth-order valence-electron chi connectivity index (χ4n) is 4.34. The van der Waals surface area contributed by atoms with Crippen LogP contribution in [0.25, 0.3) is 0 Å². The largest absolute Gasteiger partial charge is 0.490 e. The second-order valence-corrected chi connectivity index (χ2v) is 8.25. The zero-order valence-electron chi connectivity index (χ0n) is 17.2. The third-order valence-electron chi connectivity index (χ3n) is 6.07. The van der Waals surface area contributed by atoms with Crippen molar-refractivity contribution in [2.45, 2.75) is 45.1 Å². The summed E-state index contributed by atoms with van der Waals surface area (Å²) >= 11 is 0. The summed E-state index contributed by atoms with van der Waals surface area (Å²) in [6.07, 6.45) is 4.72. The Morgan fingerprint density at radius 3 is 2.52 bits per heavy atom. The molecule has 29 heavy (non-hydrogen) atoms. The van der Waals surface area contributed by atoms with Crippen molar-refractivity contribution in [1.29, 1.82) is 0 Å². The molecule has 2 fully saturated rings. The number of piperidine rings is 1. The van der Waals surface area contributed by atoms with Crippen LogP contribution in [0.2, 0.25) is 0 Å². The van der Waals surface area contributed by atoms with E-state index in [1.807, 2.05) is 34.9 Å². The van der Waals surface area contributed by atoms with Gasteiger partial charge in [0.25, 0.3) is 0 Å². The molecule has 1 N–H and O–H groups in total. The highest BCUT2D eigenvalue weighted by atomic mass is 16.5. The molecule has 1 aromatic rings. The van der Waals surface area contributed by atoms with Gasteiger partial charge in [-0.15, -0.1) is 0 Å². The second-order valence-electron chi connectivity index (χ2n) is 8.25. The fraction of sp³-hybridized carbons (Fsp3) is 0.636. The first-order valence-electron chi connectivity index (χ1n) is 10.9. The first-order valence-corrected chi connectivity index (χ1v) is 10.9. The Balaban J connectivity index is 1.35. The Hall–Kier alpha value is -2.44. The Morgan fingerprint density at radius 2 is 1.72 bits per heavy atom. The smallest absolute Gasteiger partial charge is 0.320 e. The van der Waals surface area contributed by atoms with Crippen LogP contribution in [0.4, 0.5) is 4.79 Å². The summed E-state index contributed by atoms with van der Waals surface area (Å²) in [7, 11) is 0. The molecule has 7 nitrogen and oxygen atoms in total. The molecular weight excluding hydrogens is 370 g/mol. The lowest BCUT2D eigenvalue weighted by atomic mass is 9.96. The molecule has 0 aromatic heterocycles. The van der Waals surface area contributed by atoms with Gasteiger partial charge in [-0.25, -0.2) is 4.79 Å². The van der Waals surface area contributed by atoms with Crippen molar-refractivity contribution in [3.8, 4) is 11.5 Å². The molecule has 3 heterocycles. The molecule has 158 valence electrons. The van der Waals surface area contributed by atoms with E-state index in [4.69, 9.17) is 9.47 Å². The quantitative estimate of drug-likeness (QED) is 0.845. The maximum Gasteiger partial charge on any atom is 0.320 e. The Labute approximate surface area is 172 Å². The number of amides is 3. The average Bonchev–Trinajstić information content (AvgIpc) is 3.18. The van der Waals surface area contributed by atoms with Crippen molar-refractivity contribution in [2.24, 2.45) is 5.92 Å². The first-order chi connectivity index (χ1) is 14.1. The van der Waals surface area contributed by atoms with Crippen LogP contribution >= 0.6 is 0 Å². The zero-order valence-corrected chi connectivity index (χ0v) is 17.2. The number of likely N-dealkylation sites (tertiary alicyclic amines) is 2. The SMILES string of the molecule is CC(NC(=O)C1CCCN(C(=O)N2CCCC2)C1)c1ccc2c(c1)OCCCO2. The van der Waals surface area contributed by atoms with E-state index >= 15 is 0 Å². The van der Waals surface area contributed by atoms with Crippen molar-refractivity contribution in [2.75, 3.05) is 39.4 Å². The molecule has 2 saturated heterocycles. The lowest BCUT2D eigenvalue weighted by Gasteiger charge is -2.35. The molecule has 0 bridgehead atoms. The van der Waals surface area contributed by atoms with E-state index in [0.717, 1.165) is 68.8 Å². The number of fused-ring (bicyclic) bond motifs is 1. The Kier molecular flexibility index (Phi) is 6.11. The predicted molar refractivity (Wildman–Crippen MR) is 109 cm³/mol. The molecular formula is C22H31N3O4. The van der Waals surface area contributed by atoms with Crippen LogP contribution in [0.15, 0.2) is 18.2 Å². The summed E-state index contributed by atoms with van der Waals surface area (Å²) in [5, 5.41) is 3.13. The molecule has 2 unspecified atom stereocenters. The van der Waals surface area contributed by atoms with Crippen LogP contribution in [0, 0.1) is 5.92 Å². The molecule has 0 aliphatic carbocycles. The Bertz CT molecular complexity index is 748. The summed E-state index contributed by atoms with van der Waals surface area (Å²) in [4.78, 5) is 29.3. The van der Waals surface area contributed by atoms with Crippen molar-refractivity contribution in [3.05, 3.63) is 23.8 Å². The van der Waals surface area contributed by atoms with Gasteiger partial charge in [0.1, 0.15) is 0 Å². The van der Waals surface area contributed by atoms with Gasteiger partial charge in [0.2, 0.25) is 5.91 Å². The standard InChI is InChI=1S/C22H31N3O4/c1-16(17-7-8-19-20(14-17)29-13-5-12-28-19)23-21(26)18-6-4-11-25(15-18)22(27)24-9-2-3-10-24/h7-8,14,16,18H,2-6,9-13,15H2,1H3,(H,23,26). The third kappa shape index (κ3) is 4.60. The van der Waals surface area contributed by atoms with Crippen LogP contribution in [0.5, 0.6) is 11.5 Å². The molecule has 0 saturated carbocycles. The number of benzene rings is 1. The van der Waals surface area contributed by atoms with Gasteiger partial charge < -0.3 is 24.6 Å². The minimum atomic E-state index is -0.154. The van der Waals surface area contributed by atoms with E-state index < -0.39 is 0 Å². The Morgan fingerprint density at radius 1 is 1.00 bits per heavy atom. The summed E-state index contributed by atoms with van der Waals surface area (Å²) in [6.45, 7) is 6.22. The highest BCUT2D eigenvalue weighted by Crippen LogP contribution is 2.32. The molecule has 0 radical (unpaired) electrons. The van der Waals surface area contributed by atoms with Gasteiger partial charge in [0.15, 0.2) is 11.5 Å². The second kappa shape index (κ2) is 8.93. The van der Waals surface area contributed by atoms with E-state index in [0.29, 0.717) is 19.8 Å². The van der Waals surface area contributed by atoms with Gasteiger partial charge in [0, 0.05) is 32.6 Å². The zero-order chi connectivity index (χ0) is 20.2. The number of carbonyl (C=O) groups excluding carboxylic acids is 2. The number of ether oxygens (including phenoxy) is 2. The van der Waals surface area contributed by atoms with Crippen LogP contribution in [-0.2, 0) is 4.79 Å². The van der Waals surface area contributed by atoms with Crippen LogP contribution in [0.1, 0.15) is 50.6 Å². The normalized spacial score (nSPS) is 22.7. The average molecular weight is 402 g/mol. The summed E-state index contributed by atoms with van der Waals surface area (Å²) in [6, 6.07) is 5.80. The van der Waals surface area contributed by atoms with Crippen LogP contribution in [-0.4, -0.2) is 61.1 Å². The number of rotatable bonds is 3. The summed E-state index contributed by atoms with van der Waals surface area (Å²) in [5.74, 6) is 1.36. The summed E-state index contributed by atoms with van der Waals surface area (Å²) < 4.78 is 11.4. The van der Waals surface area contributed by atoms with Crippen LogP contribution < -0.4 is 14.8 Å². The maximum atomic E-state index is 12.9. The maximum absolute atomic E-state index is 12.9. The summed E-state index contributed by atoms with van der Waals surface area (Å²) in [5.41, 5.74) is 0.989. The van der Waals surface area contributed by atoms with E-state index in [1.54, 1.807) is 0 Å². The molecule has 3 aliphatic heterocycles. The van der Waals surface area contributed by atoms with Crippen molar-refractivity contribution >= 4 is 11.9 Å². The van der Waals surface area contributed by atoms with Crippen molar-refractivity contribution < 1.29 is 19.1 Å². The monoisotopic (exact) mass is 401 g/mol. The van der Waals surface area contributed by atoms with Gasteiger partial charge in [-0.2, -0.15) is 0 Å².